The monoisotopic (exact) mass is 274 g/mol. The molecule has 0 radical (unpaired) electrons. The SMILES string of the molecule is CCO[Si](CS(=O)(=O)S)(OCC)OCC. The third-order valence-electron chi connectivity index (χ3n) is 1.45. The first-order valence-corrected chi connectivity index (χ1v) is 9.39. The fourth-order valence-electron chi connectivity index (χ4n) is 1.13. The molecule has 0 aliphatic rings. The second kappa shape index (κ2) is 6.87. The van der Waals surface area contributed by atoms with E-state index in [-0.39, 0.29) is 5.38 Å². The van der Waals surface area contributed by atoms with Crippen LogP contribution in [0.15, 0.2) is 0 Å². The Labute approximate surface area is 97.2 Å². The van der Waals surface area contributed by atoms with Crippen LogP contribution in [0.4, 0.5) is 0 Å². The first kappa shape index (κ1) is 15.4. The topological polar surface area (TPSA) is 61.8 Å². The summed E-state index contributed by atoms with van der Waals surface area (Å²) in [5.74, 6) is 0. The van der Waals surface area contributed by atoms with Crippen LogP contribution in [0, 0.1) is 0 Å². The van der Waals surface area contributed by atoms with E-state index in [1.54, 1.807) is 20.8 Å². The average Bonchev–Trinajstić information content (AvgIpc) is 2.01. The van der Waals surface area contributed by atoms with Crippen LogP contribution in [0.1, 0.15) is 20.8 Å². The summed E-state index contributed by atoms with van der Waals surface area (Å²) in [5, 5.41) is -0.293. The summed E-state index contributed by atoms with van der Waals surface area (Å²) in [6.07, 6.45) is 0. The van der Waals surface area contributed by atoms with Gasteiger partial charge < -0.3 is 13.3 Å². The van der Waals surface area contributed by atoms with Crippen LogP contribution in [-0.2, 0) is 22.1 Å². The van der Waals surface area contributed by atoms with Gasteiger partial charge in [0, 0.05) is 19.8 Å². The Kier molecular flexibility index (Phi) is 7.05. The zero-order valence-electron chi connectivity index (χ0n) is 9.23. The number of rotatable bonds is 8. The van der Waals surface area contributed by atoms with E-state index in [1.165, 1.54) is 0 Å². The Balaban J connectivity index is 4.75. The van der Waals surface area contributed by atoms with E-state index in [0.717, 1.165) is 0 Å². The van der Waals surface area contributed by atoms with E-state index in [0.29, 0.717) is 19.8 Å². The first-order chi connectivity index (χ1) is 6.89. The largest absolute Gasteiger partial charge is 0.517 e. The predicted molar refractivity (Wildman–Crippen MR) is 63.4 cm³/mol. The number of thiol groups is 1. The zero-order valence-corrected chi connectivity index (χ0v) is 11.9. The molecule has 0 aromatic carbocycles. The smallest absolute Gasteiger partial charge is 0.373 e. The second-order valence-corrected chi connectivity index (χ2v) is 8.93. The maximum atomic E-state index is 11.1. The molecule has 0 unspecified atom stereocenters. The lowest BCUT2D eigenvalue weighted by atomic mass is 10.9. The van der Waals surface area contributed by atoms with Crippen molar-refractivity contribution < 1.29 is 21.7 Å². The maximum absolute atomic E-state index is 11.1. The normalized spacial score (nSPS) is 13.1. The van der Waals surface area contributed by atoms with Crippen molar-refractivity contribution in [1.82, 2.24) is 0 Å². The summed E-state index contributed by atoms with van der Waals surface area (Å²) in [4.78, 5) is 0. The van der Waals surface area contributed by atoms with Crippen molar-refractivity contribution in [3.63, 3.8) is 0 Å². The lowest BCUT2D eigenvalue weighted by molar-refractivity contribution is 0.0770. The van der Waals surface area contributed by atoms with E-state index in [4.69, 9.17) is 13.3 Å². The molecule has 0 saturated carbocycles. The minimum Gasteiger partial charge on any atom is -0.373 e. The standard InChI is InChI=1S/C7H18O5S2Si/c1-4-10-15(11-5-2,12-6-3)7-14(8,9)13/h4-7H2,1-3H3,(H,8,9,13). The number of hydrogen-bond donors (Lipinski definition) is 1. The van der Waals surface area contributed by atoms with Crippen molar-refractivity contribution >= 4 is 29.3 Å². The minimum atomic E-state index is -3.47. The quantitative estimate of drug-likeness (QED) is 0.404. The Morgan fingerprint density at radius 3 is 1.53 bits per heavy atom. The third kappa shape index (κ3) is 6.54. The molecule has 0 aromatic rings. The molecule has 0 amide bonds. The fraction of sp³-hybridized carbons (Fsp3) is 1.00. The molecule has 92 valence electrons. The molecule has 0 fully saturated rings. The second-order valence-electron chi connectivity index (χ2n) is 2.71. The van der Waals surface area contributed by atoms with E-state index in [2.05, 4.69) is 11.7 Å². The van der Waals surface area contributed by atoms with Gasteiger partial charge in [0.25, 0.3) is 0 Å². The molecule has 0 atom stereocenters. The summed E-state index contributed by atoms with van der Waals surface area (Å²) in [5.41, 5.74) is 0. The van der Waals surface area contributed by atoms with Crippen LogP contribution >= 0.6 is 11.7 Å². The van der Waals surface area contributed by atoms with Crippen LogP contribution in [0.25, 0.3) is 0 Å². The van der Waals surface area contributed by atoms with E-state index < -0.39 is 17.7 Å². The van der Waals surface area contributed by atoms with Gasteiger partial charge in [0.05, 0.1) is 0 Å². The van der Waals surface area contributed by atoms with Gasteiger partial charge in [0.1, 0.15) is 5.38 Å². The Bertz CT molecular complexity index is 250. The van der Waals surface area contributed by atoms with Gasteiger partial charge in [-0.3, -0.25) is 0 Å². The van der Waals surface area contributed by atoms with Crippen LogP contribution in [-0.4, -0.2) is 42.4 Å². The van der Waals surface area contributed by atoms with Crippen LogP contribution in [0.3, 0.4) is 0 Å². The van der Waals surface area contributed by atoms with Gasteiger partial charge in [-0.25, -0.2) is 8.42 Å². The molecule has 0 aromatic heterocycles. The van der Waals surface area contributed by atoms with Gasteiger partial charge in [0.15, 0.2) is 0 Å². The van der Waals surface area contributed by atoms with Gasteiger partial charge in [-0.05, 0) is 32.4 Å². The molecular formula is C7H18O5S2Si. The molecule has 0 N–H and O–H groups in total. The third-order valence-corrected chi connectivity index (χ3v) is 7.67. The molecule has 15 heavy (non-hydrogen) atoms. The average molecular weight is 274 g/mol. The highest BCUT2D eigenvalue weighted by molar-refractivity contribution is 8.63. The van der Waals surface area contributed by atoms with Crippen molar-refractivity contribution in [2.24, 2.45) is 0 Å². The fourth-order valence-corrected chi connectivity index (χ4v) is 6.91. The van der Waals surface area contributed by atoms with Crippen LogP contribution in [0.5, 0.6) is 0 Å². The highest BCUT2D eigenvalue weighted by Crippen LogP contribution is 2.15. The summed E-state index contributed by atoms with van der Waals surface area (Å²) in [6.45, 7) is 6.38. The minimum absolute atomic E-state index is 0.293. The van der Waals surface area contributed by atoms with Crippen molar-refractivity contribution in [3.05, 3.63) is 0 Å². The molecule has 0 aliphatic carbocycles. The zero-order chi connectivity index (χ0) is 11.9. The predicted octanol–water partition coefficient (Wildman–Crippen LogP) is 0.834. The van der Waals surface area contributed by atoms with Crippen LogP contribution < -0.4 is 0 Å². The van der Waals surface area contributed by atoms with E-state index in [1.807, 2.05) is 0 Å². The van der Waals surface area contributed by atoms with Gasteiger partial charge in [-0.15, -0.1) is 0 Å². The molecule has 0 bridgehead atoms. The Morgan fingerprint density at radius 2 is 1.33 bits per heavy atom. The van der Waals surface area contributed by atoms with E-state index >= 15 is 0 Å². The van der Waals surface area contributed by atoms with Crippen molar-refractivity contribution in [2.75, 3.05) is 25.2 Å². The van der Waals surface area contributed by atoms with Crippen molar-refractivity contribution in [3.8, 4) is 0 Å². The number of hydrogen-bond acceptors (Lipinski definition) is 5. The molecular weight excluding hydrogens is 256 g/mol. The molecule has 0 rings (SSSR count). The molecule has 0 aliphatic heterocycles. The summed E-state index contributed by atoms with van der Waals surface area (Å²) in [6, 6.07) is 0. The highest BCUT2D eigenvalue weighted by atomic mass is 33.1. The van der Waals surface area contributed by atoms with E-state index in [9.17, 15) is 8.42 Å². The lowest BCUT2D eigenvalue weighted by Crippen LogP contribution is -2.51. The maximum Gasteiger partial charge on any atom is 0.517 e. The Morgan fingerprint density at radius 1 is 1.00 bits per heavy atom. The van der Waals surface area contributed by atoms with Crippen molar-refractivity contribution in [2.45, 2.75) is 20.8 Å². The molecule has 8 heteroatoms. The molecule has 0 spiro atoms. The molecule has 0 saturated heterocycles. The summed E-state index contributed by atoms with van der Waals surface area (Å²) in [7, 11) is -6.56. The highest BCUT2D eigenvalue weighted by Gasteiger charge is 2.44. The van der Waals surface area contributed by atoms with Crippen LogP contribution in [0.2, 0.25) is 0 Å². The van der Waals surface area contributed by atoms with Crippen molar-refractivity contribution in [1.29, 1.82) is 0 Å². The van der Waals surface area contributed by atoms with Gasteiger partial charge in [-0.2, -0.15) is 0 Å². The van der Waals surface area contributed by atoms with Gasteiger partial charge in [-0.1, -0.05) is 0 Å². The summed E-state index contributed by atoms with van der Waals surface area (Å²) < 4.78 is 38.3. The molecule has 0 heterocycles. The van der Waals surface area contributed by atoms with Gasteiger partial charge in [0.2, 0.25) is 8.87 Å². The molecule has 5 nitrogen and oxygen atoms in total. The van der Waals surface area contributed by atoms with Gasteiger partial charge >= 0.3 is 8.80 Å². The Hall–Kier alpha value is 0.397. The lowest BCUT2D eigenvalue weighted by Gasteiger charge is -2.27. The summed E-state index contributed by atoms with van der Waals surface area (Å²) >= 11 is 3.49. The first-order valence-electron chi connectivity index (χ1n) is 4.76.